The van der Waals surface area contributed by atoms with Gasteiger partial charge in [-0.3, -0.25) is 0 Å². The van der Waals surface area contributed by atoms with Crippen molar-refractivity contribution < 1.29 is 19.0 Å². The maximum Gasteiger partial charge on any atom is 0.336 e. The molecule has 42 heavy (non-hydrogen) atoms. The summed E-state index contributed by atoms with van der Waals surface area (Å²) in [6.45, 7) is 0. The van der Waals surface area contributed by atoms with Crippen LogP contribution in [0.5, 0.6) is 11.5 Å². The third-order valence-electron chi connectivity index (χ3n) is 8.30. The van der Waals surface area contributed by atoms with Gasteiger partial charge in [-0.05, 0) is 94.5 Å². The third kappa shape index (κ3) is 4.44. The van der Waals surface area contributed by atoms with Crippen LogP contribution in [-0.4, -0.2) is 10.2 Å². The van der Waals surface area contributed by atoms with Crippen molar-refractivity contribution in [3.8, 4) is 11.5 Å². The average Bonchev–Trinajstić information content (AvgIpc) is 2.94. The monoisotopic (exact) mass is 596 g/mol. The third-order valence-corrected chi connectivity index (χ3v) is 8.80. The first kappa shape index (κ1) is 26.4. The summed E-state index contributed by atoms with van der Waals surface area (Å²) in [4.78, 5) is 25.8. The summed E-state index contributed by atoms with van der Waals surface area (Å²) in [5.41, 5.74) is 2.98. The van der Waals surface area contributed by atoms with Crippen molar-refractivity contribution in [2.24, 2.45) is 0 Å². The molecule has 1 saturated carbocycles. The predicted octanol–water partition coefficient (Wildman–Crippen LogP) is 8.07. The van der Waals surface area contributed by atoms with E-state index in [1.165, 1.54) is 24.3 Å². The molecule has 6 aromatic rings. The van der Waals surface area contributed by atoms with Gasteiger partial charge in [-0.2, -0.15) is 0 Å². The molecule has 0 spiro atoms. The number of aromatic hydroxyl groups is 2. The first-order valence-electron chi connectivity index (χ1n) is 13.3. The van der Waals surface area contributed by atoms with Crippen LogP contribution in [0.3, 0.4) is 0 Å². The lowest BCUT2D eigenvalue weighted by Crippen LogP contribution is -2.41. The molecule has 0 bridgehead atoms. The highest BCUT2D eigenvalue weighted by atomic mass is 35.5. The first-order chi connectivity index (χ1) is 20.3. The quantitative estimate of drug-likeness (QED) is 0.199. The molecule has 2 heterocycles. The minimum absolute atomic E-state index is 0.0106. The first-order valence-corrected chi connectivity index (χ1v) is 14.1. The molecule has 6 nitrogen and oxygen atoms in total. The molecule has 1 aliphatic rings. The van der Waals surface area contributed by atoms with Crippen LogP contribution in [0.15, 0.2) is 115 Å². The Bertz CT molecular complexity index is 1940. The smallest absolute Gasteiger partial charge is 0.336 e. The van der Waals surface area contributed by atoms with Gasteiger partial charge in [-0.1, -0.05) is 47.5 Å². The van der Waals surface area contributed by atoms with Crippen LogP contribution in [0, 0.1) is 0 Å². The molecule has 0 amide bonds. The van der Waals surface area contributed by atoms with Crippen molar-refractivity contribution in [1.82, 2.24) is 0 Å². The molecule has 0 saturated heterocycles. The molecule has 1 aliphatic carbocycles. The van der Waals surface area contributed by atoms with E-state index >= 15 is 0 Å². The second-order valence-electron chi connectivity index (χ2n) is 10.6. The van der Waals surface area contributed by atoms with E-state index in [-0.39, 0.29) is 46.3 Å². The minimum atomic E-state index is -0.530. The molecular formula is C34H22Cl2O6. The Morgan fingerprint density at radius 2 is 0.881 bits per heavy atom. The van der Waals surface area contributed by atoms with Crippen molar-refractivity contribution in [2.75, 3.05) is 0 Å². The number of hydrogen-bond acceptors (Lipinski definition) is 6. The summed E-state index contributed by atoms with van der Waals surface area (Å²) in [5, 5.41) is 22.8. The number of phenols is 2. The molecule has 0 radical (unpaired) electrons. The van der Waals surface area contributed by atoms with E-state index in [4.69, 9.17) is 32.0 Å². The molecule has 4 aromatic carbocycles. The van der Waals surface area contributed by atoms with E-state index in [1.807, 2.05) is 48.5 Å². The van der Waals surface area contributed by atoms with Gasteiger partial charge < -0.3 is 19.0 Å². The van der Waals surface area contributed by atoms with Crippen LogP contribution in [0.25, 0.3) is 21.9 Å². The molecule has 2 N–H and O–H groups in total. The Kier molecular flexibility index (Phi) is 6.34. The molecule has 0 unspecified atom stereocenters. The molecule has 7 rings (SSSR count). The second kappa shape index (κ2) is 10.1. The van der Waals surface area contributed by atoms with Crippen LogP contribution in [0.2, 0.25) is 10.0 Å². The van der Waals surface area contributed by atoms with Gasteiger partial charge in [0, 0.05) is 45.1 Å². The maximum atomic E-state index is 12.9. The Labute approximate surface area is 249 Å². The lowest BCUT2D eigenvalue weighted by molar-refractivity contribution is 0.230. The zero-order chi connectivity index (χ0) is 29.1. The van der Waals surface area contributed by atoms with Crippen LogP contribution in [0.4, 0.5) is 0 Å². The summed E-state index contributed by atoms with van der Waals surface area (Å²) >= 11 is 12.6. The normalized spacial score (nSPS) is 20.0. The summed E-state index contributed by atoms with van der Waals surface area (Å²) < 4.78 is 11.0. The number of hydrogen-bond donors (Lipinski definition) is 2. The van der Waals surface area contributed by atoms with Gasteiger partial charge in [-0.15, -0.1) is 0 Å². The second-order valence-corrected chi connectivity index (χ2v) is 11.5. The molecule has 208 valence electrons. The highest BCUT2D eigenvalue weighted by Crippen LogP contribution is 2.67. The van der Waals surface area contributed by atoms with Crippen LogP contribution in [0.1, 0.15) is 45.9 Å². The summed E-state index contributed by atoms with van der Waals surface area (Å²) in [7, 11) is 0. The predicted molar refractivity (Wildman–Crippen MR) is 162 cm³/mol. The van der Waals surface area contributed by atoms with Crippen molar-refractivity contribution in [3.63, 3.8) is 0 Å². The Hall–Kier alpha value is -4.52. The molecule has 8 heteroatoms. The van der Waals surface area contributed by atoms with Crippen LogP contribution in [-0.2, 0) is 0 Å². The standard InChI is InChI=1S/C34H22Cl2O6/c35-19-5-1-17(2-6-19)31-33(25-15-29(39)41-27-13-21(37)9-11-23(25)27)32(18-3-7-20(36)8-4-18)34(31)26-16-30(40)42-28-14-22(38)10-12-24(26)28/h1-16,31-34,37-38H. The maximum absolute atomic E-state index is 12.9. The zero-order valence-electron chi connectivity index (χ0n) is 21.8. The number of fused-ring (bicyclic) bond motifs is 2. The molecule has 0 aliphatic heterocycles. The van der Waals surface area contributed by atoms with E-state index in [9.17, 15) is 19.8 Å². The highest BCUT2D eigenvalue weighted by molar-refractivity contribution is 6.30. The van der Waals surface area contributed by atoms with Gasteiger partial charge in [0.15, 0.2) is 0 Å². The Morgan fingerprint density at radius 3 is 1.26 bits per heavy atom. The molecule has 0 atom stereocenters. The number of benzene rings is 4. The fourth-order valence-corrected chi connectivity index (χ4v) is 6.88. The van der Waals surface area contributed by atoms with Crippen molar-refractivity contribution >= 4 is 45.1 Å². The summed E-state index contributed by atoms with van der Waals surface area (Å²) in [6.07, 6.45) is 0. The Balaban J connectivity index is 1.54. The number of halogens is 2. The lowest BCUT2D eigenvalue weighted by atomic mass is 9.49. The van der Waals surface area contributed by atoms with Crippen LogP contribution < -0.4 is 11.3 Å². The molecular weight excluding hydrogens is 575 g/mol. The molecule has 2 aromatic heterocycles. The van der Waals surface area contributed by atoms with Crippen molar-refractivity contribution in [3.05, 3.63) is 150 Å². The zero-order valence-corrected chi connectivity index (χ0v) is 23.3. The lowest BCUT2D eigenvalue weighted by Gasteiger charge is -2.54. The van der Waals surface area contributed by atoms with Gasteiger partial charge in [0.25, 0.3) is 0 Å². The summed E-state index contributed by atoms with van der Waals surface area (Å²) in [5.74, 6) is -0.922. The average molecular weight is 597 g/mol. The fourth-order valence-electron chi connectivity index (χ4n) is 6.63. The van der Waals surface area contributed by atoms with Gasteiger partial charge in [0.1, 0.15) is 22.7 Å². The topological polar surface area (TPSA) is 101 Å². The highest BCUT2D eigenvalue weighted by Gasteiger charge is 2.54. The van der Waals surface area contributed by atoms with E-state index in [1.54, 1.807) is 24.3 Å². The number of rotatable bonds is 4. The van der Waals surface area contributed by atoms with Gasteiger partial charge in [0.2, 0.25) is 0 Å². The van der Waals surface area contributed by atoms with Gasteiger partial charge >= 0.3 is 11.3 Å². The van der Waals surface area contributed by atoms with E-state index in [0.29, 0.717) is 20.8 Å². The van der Waals surface area contributed by atoms with Crippen molar-refractivity contribution in [2.45, 2.75) is 23.7 Å². The fraction of sp³-hybridized carbons (Fsp3) is 0.118. The van der Waals surface area contributed by atoms with E-state index in [2.05, 4.69) is 0 Å². The Morgan fingerprint density at radius 1 is 0.500 bits per heavy atom. The van der Waals surface area contributed by atoms with E-state index < -0.39 is 11.3 Å². The number of phenolic OH excluding ortho intramolecular Hbond substituents is 2. The van der Waals surface area contributed by atoms with E-state index in [0.717, 1.165) is 22.3 Å². The minimum Gasteiger partial charge on any atom is -0.508 e. The van der Waals surface area contributed by atoms with Gasteiger partial charge in [-0.25, -0.2) is 9.59 Å². The SMILES string of the molecule is O=c1cc(C2C(c3ccc(Cl)cc3)C(c3cc(=O)oc4cc(O)ccc34)C2c2ccc(Cl)cc2)c2ccc(O)cc2o1. The van der Waals surface area contributed by atoms with Crippen molar-refractivity contribution in [1.29, 1.82) is 0 Å². The molecule has 1 fully saturated rings. The largest absolute Gasteiger partial charge is 0.508 e. The van der Waals surface area contributed by atoms with Gasteiger partial charge in [0.05, 0.1) is 0 Å². The summed E-state index contributed by atoms with van der Waals surface area (Å²) in [6, 6.07) is 27.7. The van der Waals surface area contributed by atoms with Crippen LogP contribution >= 0.6 is 23.2 Å².